The smallest absolute Gasteiger partial charge is 0.387 e. The second-order valence-corrected chi connectivity index (χ2v) is 7.81. The van der Waals surface area contributed by atoms with Gasteiger partial charge in [0.1, 0.15) is 5.75 Å². The normalized spacial score (nSPS) is 11.6. The Morgan fingerprint density at radius 1 is 1.13 bits per heavy atom. The summed E-state index contributed by atoms with van der Waals surface area (Å²) < 4.78 is 33.3. The van der Waals surface area contributed by atoms with Crippen LogP contribution in [-0.2, 0) is 11.5 Å². The second kappa shape index (κ2) is 8.51. The van der Waals surface area contributed by atoms with Gasteiger partial charge in [-0.15, -0.1) is 0 Å². The van der Waals surface area contributed by atoms with Crippen LogP contribution in [0.4, 0.5) is 8.78 Å². The average molecular weight is 443 g/mol. The number of fused-ring (bicyclic) bond motifs is 1. The fourth-order valence-electron chi connectivity index (χ4n) is 3.59. The fraction of sp³-hybridized carbons (Fsp3) is 0.217. The molecule has 0 saturated heterocycles. The number of hydrogen-bond donors (Lipinski definition) is 0. The van der Waals surface area contributed by atoms with Gasteiger partial charge in [-0.25, -0.2) is 4.68 Å². The highest BCUT2D eigenvalue weighted by molar-refractivity contribution is 6.35. The molecule has 2 aromatic carbocycles. The number of pyridine rings is 1. The van der Waals surface area contributed by atoms with E-state index in [9.17, 15) is 13.9 Å². The van der Waals surface area contributed by atoms with Crippen molar-refractivity contribution in [1.29, 1.82) is 0 Å². The molecule has 2 heterocycles. The lowest BCUT2D eigenvalue weighted by Crippen LogP contribution is -2.10. The van der Waals surface area contributed by atoms with Crippen LogP contribution in [-0.4, -0.2) is 21.4 Å². The van der Waals surface area contributed by atoms with Crippen molar-refractivity contribution >= 4 is 22.5 Å². The number of ether oxygens (including phenoxy) is 1. The standard InChI is InChI=1S/C23H19ClF2N3O2/c1-13(2)20-16(12-14-4-6-15(7-5-14)29-11-3-10-27-29)22(31-23(25)26)19-18(30)9-8-17(24)21(19)28-20/h3-11,13,23H,12H2,1-2H3. The lowest BCUT2D eigenvalue weighted by atomic mass is 9.94. The number of alkyl halides is 2. The summed E-state index contributed by atoms with van der Waals surface area (Å²) in [6.07, 6.45) is 3.78. The molecule has 4 rings (SSSR count). The van der Waals surface area contributed by atoms with Crippen molar-refractivity contribution in [1.82, 2.24) is 14.8 Å². The minimum atomic E-state index is -3.09. The number of aromatic nitrogens is 3. The van der Waals surface area contributed by atoms with Crippen molar-refractivity contribution in [2.24, 2.45) is 0 Å². The molecular formula is C23H19ClF2N3O2. The highest BCUT2D eigenvalue weighted by atomic mass is 35.5. The monoisotopic (exact) mass is 442 g/mol. The van der Waals surface area contributed by atoms with Gasteiger partial charge in [0, 0.05) is 24.4 Å². The van der Waals surface area contributed by atoms with Crippen LogP contribution in [0.2, 0.25) is 5.02 Å². The van der Waals surface area contributed by atoms with Gasteiger partial charge in [0.15, 0.2) is 5.75 Å². The molecule has 0 aliphatic carbocycles. The third-order valence-corrected chi connectivity index (χ3v) is 5.28. The minimum Gasteiger partial charge on any atom is -0.434 e. The molecule has 0 aliphatic heterocycles. The van der Waals surface area contributed by atoms with Crippen molar-refractivity contribution in [3.63, 3.8) is 0 Å². The van der Waals surface area contributed by atoms with Crippen LogP contribution in [0.15, 0.2) is 54.9 Å². The Hall–Kier alpha value is -3.19. The minimum absolute atomic E-state index is 0.0274. The lowest BCUT2D eigenvalue weighted by Gasteiger charge is -2.20. The van der Waals surface area contributed by atoms with E-state index in [1.807, 2.05) is 50.4 Å². The van der Waals surface area contributed by atoms with Gasteiger partial charge in [0.25, 0.3) is 0 Å². The van der Waals surface area contributed by atoms with E-state index >= 15 is 0 Å². The molecule has 2 aromatic heterocycles. The molecule has 0 unspecified atom stereocenters. The molecule has 0 saturated carbocycles. The van der Waals surface area contributed by atoms with Gasteiger partial charge in [-0.1, -0.05) is 37.6 Å². The Bertz CT molecular complexity index is 1210. The van der Waals surface area contributed by atoms with Gasteiger partial charge < -0.3 is 4.74 Å². The van der Waals surface area contributed by atoms with Gasteiger partial charge in [0.2, 0.25) is 0 Å². The molecule has 8 heteroatoms. The van der Waals surface area contributed by atoms with E-state index < -0.39 is 12.4 Å². The van der Waals surface area contributed by atoms with Crippen molar-refractivity contribution < 1.29 is 18.6 Å². The Balaban J connectivity index is 1.87. The van der Waals surface area contributed by atoms with Crippen molar-refractivity contribution in [3.8, 4) is 17.2 Å². The lowest BCUT2D eigenvalue weighted by molar-refractivity contribution is -0.0494. The highest BCUT2D eigenvalue weighted by Gasteiger charge is 2.25. The Labute approximate surface area is 182 Å². The SMILES string of the molecule is CC(C)c1nc2c(Cl)ccc([O])c2c(OC(F)F)c1Cc1ccc(-n2cccn2)cc1. The van der Waals surface area contributed by atoms with E-state index in [2.05, 4.69) is 10.1 Å². The molecule has 159 valence electrons. The molecular weight excluding hydrogens is 424 g/mol. The molecule has 1 radical (unpaired) electrons. The maximum atomic E-state index is 13.4. The van der Waals surface area contributed by atoms with Crippen molar-refractivity contribution in [2.75, 3.05) is 0 Å². The number of nitrogens with zero attached hydrogens (tertiary/aromatic N) is 3. The zero-order chi connectivity index (χ0) is 22.1. The predicted octanol–water partition coefficient (Wildman–Crippen LogP) is 6.53. The summed E-state index contributed by atoms with van der Waals surface area (Å²) in [5, 5.41) is 16.9. The second-order valence-electron chi connectivity index (χ2n) is 7.40. The Kier molecular flexibility index (Phi) is 5.78. The zero-order valence-corrected chi connectivity index (χ0v) is 17.6. The molecule has 0 amide bonds. The molecule has 0 spiro atoms. The van der Waals surface area contributed by atoms with Gasteiger partial charge in [-0.3, -0.25) is 10.1 Å². The maximum absolute atomic E-state index is 13.4. The van der Waals surface area contributed by atoms with Crippen LogP contribution in [0.25, 0.3) is 16.6 Å². The van der Waals surface area contributed by atoms with Crippen LogP contribution in [0, 0.1) is 0 Å². The van der Waals surface area contributed by atoms with Gasteiger partial charge in [-0.2, -0.15) is 13.9 Å². The Morgan fingerprint density at radius 2 is 1.87 bits per heavy atom. The molecule has 31 heavy (non-hydrogen) atoms. The summed E-state index contributed by atoms with van der Waals surface area (Å²) in [6.45, 7) is 0.712. The van der Waals surface area contributed by atoms with Gasteiger partial charge in [-0.05, 0) is 41.8 Å². The quantitative estimate of drug-likeness (QED) is 0.341. The first kappa shape index (κ1) is 21.1. The van der Waals surface area contributed by atoms with E-state index in [1.165, 1.54) is 12.1 Å². The van der Waals surface area contributed by atoms with Crippen LogP contribution >= 0.6 is 11.6 Å². The number of halogens is 3. The molecule has 4 aromatic rings. The molecule has 0 fully saturated rings. The average Bonchev–Trinajstić information content (AvgIpc) is 3.26. The topological polar surface area (TPSA) is 59.8 Å². The third kappa shape index (κ3) is 4.18. The predicted molar refractivity (Wildman–Crippen MR) is 114 cm³/mol. The van der Waals surface area contributed by atoms with Crippen LogP contribution < -0.4 is 4.74 Å². The molecule has 0 N–H and O–H groups in total. The van der Waals surface area contributed by atoms with E-state index in [-0.39, 0.29) is 34.0 Å². The molecule has 0 aliphatic rings. The summed E-state index contributed by atoms with van der Waals surface area (Å²) >= 11 is 6.24. The van der Waals surface area contributed by atoms with E-state index in [0.717, 1.165) is 11.3 Å². The first-order chi connectivity index (χ1) is 14.8. The van der Waals surface area contributed by atoms with Crippen molar-refractivity contribution in [2.45, 2.75) is 32.8 Å². The van der Waals surface area contributed by atoms with Crippen LogP contribution in [0.3, 0.4) is 0 Å². The first-order valence-electron chi connectivity index (χ1n) is 9.71. The van der Waals surface area contributed by atoms with E-state index in [4.69, 9.17) is 16.3 Å². The summed E-state index contributed by atoms with van der Waals surface area (Å²) in [6, 6.07) is 12.0. The van der Waals surface area contributed by atoms with Crippen molar-refractivity contribution in [3.05, 3.63) is 76.7 Å². The van der Waals surface area contributed by atoms with Gasteiger partial charge in [0.05, 0.1) is 27.3 Å². The largest absolute Gasteiger partial charge is 0.434 e. The molecule has 0 bridgehead atoms. The molecule has 5 nitrogen and oxygen atoms in total. The zero-order valence-electron chi connectivity index (χ0n) is 16.8. The number of benzene rings is 2. The summed E-state index contributed by atoms with van der Waals surface area (Å²) in [5.41, 5.74) is 2.91. The van der Waals surface area contributed by atoms with E-state index in [0.29, 0.717) is 11.3 Å². The fourth-order valence-corrected chi connectivity index (χ4v) is 3.79. The van der Waals surface area contributed by atoms with E-state index in [1.54, 1.807) is 10.9 Å². The third-order valence-electron chi connectivity index (χ3n) is 4.97. The van der Waals surface area contributed by atoms with Crippen LogP contribution in [0.1, 0.15) is 36.6 Å². The molecule has 0 atom stereocenters. The summed E-state index contributed by atoms with van der Waals surface area (Å²) in [5.74, 6) is -0.727. The Morgan fingerprint density at radius 3 is 2.48 bits per heavy atom. The maximum Gasteiger partial charge on any atom is 0.387 e. The number of rotatable bonds is 6. The van der Waals surface area contributed by atoms with Crippen LogP contribution in [0.5, 0.6) is 11.5 Å². The number of hydrogen-bond acceptors (Lipinski definition) is 3. The van der Waals surface area contributed by atoms with Gasteiger partial charge >= 0.3 is 6.61 Å². The summed E-state index contributed by atoms with van der Waals surface area (Å²) in [7, 11) is 0. The first-order valence-corrected chi connectivity index (χ1v) is 10.1. The highest BCUT2D eigenvalue weighted by Crippen LogP contribution is 2.43. The summed E-state index contributed by atoms with van der Waals surface area (Å²) in [4.78, 5) is 4.59.